The van der Waals surface area contributed by atoms with Gasteiger partial charge in [-0.25, -0.2) is 0 Å². The molecule has 1 N–H and O–H groups in total. The molecule has 0 aromatic heterocycles. The Balaban J connectivity index is 1.33. The number of nitrogens with one attached hydrogen (secondary N) is 1. The molecule has 4 bridgehead atoms. The maximum Gasteiger partial charge on any atom is 0.234 e. The van der Waals surface area contributed by atoms with Gasteiger partial charge in [0.05, 0.1) is 5.75 Å². The Morgan fingerprint density at radius 3 is 2.65 bits per heavy atom. The molecule has 2 nitrogen and oxygen atoms in total. The van der Waals surface area contributed by atoms with Gasteiger partial charge in [-0.1, -0.05) is 41.1 Å². The van der Waals surface area contributed by atoms with Crippen molar-refractivity contribution >= 4 is 39.3 Å². The molecule has 4 saturated carbocycles. The molecule has 2 atom stereocenters. The highest BCUT2D eigenvalue weighted by Crippen LogP contribution is 2.65. The van der Waals surface area contributed by atoms with Gasteiger partial charge in [0.2, 0.25) is 5.91 Å². The molecule has 0 aliphatic heterocycles. The number of carbonyl (C=O) groups is 1. The highest BCUT2D eigenvalue weighted by Gasteiger charge is 2.56. The van der Waals surface area contributed by atoms with Crippen LogP contribution in [0.15, 0.2) is 18.2 Å². The summed E-state index contributed by atoms with van der Waals surface area (Å²) in [6.07, 6.45) is 9.26. The Labute approximate surface area is 170 Å². The van der Waals surface area contributed by atoms with E-state index in [1.807, 2.05) is 11.8 Å². The Morgan fingerprint density at radius 2 is 2.00 bits per heavy atom. The van der Waals surface area contributed by atoms with Gasteiger partial charge in [0.25, 0.3) is 0 Å². The molecular weight excluding hydrogens is 406 g/mol. The molecule has 26 heavy (non-hydrogen) atoms. The minimum absolute atomic E-state index is 0.150. The second-order valence-corrected chi connectivity index (χ2v) is 11.8. The molecule has 4 heteroatoms. The molecule has 142 valence electrons. The van der Waals surface area contributed by atoms with Crippen molar-refractivity contribution < 1.29 is 4.79 Å². The van der Waals surface area contributed by atoms with Gasteiger partial charge in [-0.2, -0.15) is 11.8 Å². The molecule has 0 spiro atoms. The van der Waals surface area contributed by atoms with E-state index >= 15 is 0 Å². The van der Waals surface area contributed by atoms with Crippen molar-refractivity contribution in [3.05, 3.63) is 29.3 Å². The predicted molar refractivity (Wildman–Crippen MR) is 115 cm³/mol. The third-order valence-corrected chi connectivity index (χ3v) is 8.97. The van der Waals surface area contributed by atoms with Gasteiger partial charge in [0.15, 0.2) is 0 Å². The summed E-state index contributed by atoms with van der Waals surface area (Å²) >= 11 is 5.95. The summed E-state index contributed by atoms with van der Waals surface area (Å²) in [4.78, 5) is 12.5. The monoisotopic (exact) mass is 435 g/mol. The normalized spacial score (nSPS) is 34.9. The Kier molecular flexibility index (Phi) is 5.20. The number of benzene rings is 1. The number of carbonyl (C=O) groups excluding carboxylic acids is 1. The lowest BCUT2D eigenvalue weighted by atomic mass is 9.50. The fourth-order valence-electron chi connectivity index (χ4n) is 6.24. The quantitative estimate of drug-likeness (QED) is 0.558. The van der Waals surface area contributed by atoms with Crippen LogP contribution in [-0.2, 0) is 11.2 Å². The van der Waals surface area contributed by atoms with Crippen LogP contribution in [0.3, 0.4) is 0 Å². The summed E-state index contributed by atoms with van der Waals surface area (Å²) < 4.78 is 0.414. The van der Waals surface area contributed by atoms with Crippen LogP contribution in [0.4, 0.5) is 5.69 Å². The number of thioether (sulfide) groups is 1. The van der Waals surface area contributed by atoms with Crippen molar-refractivity contribution in [2.75, 3.05) is 16.8 Å². The van der Waals surface area contributed by atoms with Crippen LogP contribution in [0.5, 0.6) is 0 Å². The van der Waals surface area contributed by atoms with Crippen molar-refractivity contribution in [1.82, 2.24) is 0 Å². The average molecular weight is 436 g/mol. The minimum atomic E-state index is 0.150. The first kappa shape index (κ1) is 18.9. The zero-order valence-corrected chi connectivity index (χ0v) is 18.3. The standard InChI is InChI=1S/C22H30BrNOS/c1-3-18-6-4-5-15(2)20(18)24-19(25)12-26-14-21-8-16-7-17(9-21)11-22(23,10-16)13-21/h4-6,16-17H,3,7-14H2,1-2H3,(H,24,25). The highest BCUT2D eigenvalue weighted by atomic mass is 79.9. The third-order valence-electron chi connectivity index (χ3n) is 6.76. The zero-order chi connectivity index (χ0) is 18.4. The lowest BCUT2D eigenvalue weighted by Crippen LogP contribution is -2.53. The SMILES string of the molecule is CCc1cccc(C)c1NC(=O)CSCC12CC3CC(CC(Br)(C3)C1)C2. The molecular formula is C22H30BrNOS. The molecule has 5 rings (SSSR count). The van der Waals surface area contributed by atoms with Crippen LogP contribution < -0.4 is 5.32 Å². The topological polar surface area (TPSA) is 29.1 Å². The summed E-state index contributed by atoms with van der Waals surface area (Å²) in [6, 6.07) is 6.26. The predicted octanol–water partition coefficient (Wildman–Crippen LogP) is 5.96. The average Bonchev–Trinajstić information content (AvgIpc) is 2.54. The number of para-hydroxylation sites is 1. The summed E-state index contributed by atoms with van der Waals surface area (Å²) in [6.45, 7) is 4.22. The number of rotatable bonds is 6. The number of alkyl halides is 1. The van der Waals surface area contributed by atoms with E-state index in [0.717, 1.165) is 35.3 Å². The molecule has 0 saturated heterocycles. The fourth-order valence-corrected chi connectivity index (χ4v) is 8.88. The van der Waals surface area contributed by atoms with Gasteiger partial charge < -0.3 is 5.32 Å². The minimum Gasteiger partial charge on any atom is -0.325 e. The first-order chi connectivity index (χ1) is 12.4. The lowest BCUT2D eigenvalue weighted by molar-refractivity contribution is -0.113. The Hall–Kier alpha value is -0.480. The van der Waals surface area contributed by atoms with Gasteiger partial charge in [-0.15, -0.1) is 0 Å². The smallest absolute Gasteiger partial charge is 0.234 e. The first-order valence-corrected chi connectivity index (χ1v) is 12.0. The highest BCUT2D eigenvalue weighted by molar-refractivity contribution is 9.10. The maximum absolute atomic E-state index is 12.5. The number of amides is 1. The van der Waals surface area contributed by atoms with Gasteiger partial charge in [-0.05, 0) is 86.0 Å². The van der Waals surface area contributed by atoms with Crippen LogP contribution in [0.1, 0.15) is 56.6 Å². The van der Waals surface area contributed by atoms with Crippen molar-refractivity contribution in [3.8, 4) is 0 Å². The number of aryl methyl sites for hydroxylation is 2. The van der Waals surface area contributed by atoms with Crippen LogP contribution in [0.25, 0.3) is 0 Å². The van der Waals surface area contributed by atoms with Gasteiger partial charge in [0.1, 0.15) is 0 Å². The molecule has 0 heterocycles. The molecule has 0 radical (unpaired) electrons. The van der Waals surface area contributed by atoms with E-state index in [1.165, 1.54) is 44.1 Å². The zero-order valence-electron chi connectivity index (χ0n) is 15.9. The molecule has 4 aliphatic rings. The van der Waals surface area contributed by atoms with Crippen molar-refractivity contribution in [1.29, 1.82) is 0 Å². The van der Waals surface area contributed by atoms with Crippen molar-refractivity contribution in [3.63, 3.8) is 0 Å². The first-order valence-electron chi connectivity index (χ1n) is 10.1. The summed E-state index contributed by atoms with van der Waals surface area (Å²) in [5, 5.41) is 3.18. The van der Waals surface area contributed by atoms with Gasteiger partial charge in [-0.3, -0.25) is 4.79 Å². The number of anilines is 1. The molecule has 1 amide bonds. The van der Waals surface area contributed by atoms with Gasteiger partial charge in [0, 0.05) is 10.0 Å². The second-order valence-electron chi connectivity index (χ2n) is 9.12. The van der Waals surface area contributed by atoms with Crippen LogP contribution in [-0.4, -0.2) is 21.7 Å². The lowest BCUT2D eigenvalue weighted by Gasteiger charge is -2.60. The summed E-state index contributed by atoms with van der Waals surface area (Å²) in [7, 11) is 0. The van der Waals surface area contributed by atoms with Crippen LogP contribution in [0.2, 0.25) is 0 Å². The van der Waals surface area contributed by atoms with Crippen molar-refractivity contribution in [2.24, 2.45) is 17.3 Å². The van der Waals surface area contributed by atoms with E-state index in [9.17, 15) is 4.79 Å². The van der Waals surface area contributed by atoms with E-state index < -0.39 is 0 Å². The van der Waals surface area contributed by atoms with Crippen LogP contribution >= 0.6 is 27.7 Å². The Morgan fingerprint density at radius 1 is 1.27 bits per heavy atom. The maximum atomic E-state index is 12.5. The van der Waals surface area contributed by atoms with E-state index in [0.29, 0.717) is 15.5 Å². The third kappa shape index (κ3) is 3.73. The van der Waals surface area contributed by atoms with E-state index in [1.54, 1.807) is 0 Å². The molecule has 1 aromatic carbocycles. The fraction of sp³-hybridized carbons (Fsp3) is 0.682. The molecule has 1 aromatic rings. The van der Waals surface area contributed by atoms with Crippen LogP contribution in [0, 0.1) is 24.2 Å². The molecule has 4 aliphatic carbocycles. The van der Waals surface area contributed by atoms with E-state index in [2.05, 4.69) is 53.3 Å². The van der Waals surface area contributed by atoms with E-state index in [-0.39, 0.29) is 5.91 Å². The largest absolute Gasteiger partial charge is 0.325 e. The second kappa shape index (κ2) is 7.16. The molecule has 4 fully saturated rings. The number of hydrogen-bond donors (Lipinski definition) is 1. The summed E-state index contributed by atoms with van der Waals surface area (Å²) in [5.41, 5.74) is 3.89. The van der Waals surface area contributed by atoms with Crippen molar-refractivity contribution in [2.45, 2.75) is 63.1 Å². The van der Waals surface area contributed by atoms with Gasteiger partial charge >= 0.3 is 0 Å². The number of halogens is 1. The molecule has 2 unspecified atom stereocenters. The Bertz CT molecular complexity index is 689. The van der Waals surface area contributed by atoms with E-state index in [4.69, 9.17) is 0 Å². The summed E-state index contributed by atoms with van der Waals surface area (Å²) in [5.74, 6) is 3.71. The number of hydrogen-bond acceptors (Lipinski definition) is 2.